The number of hydrogen-bond donors (Lipinski definition) is 0. The second-order valence-corrected chi connectivity index (χ2v) is 11.8. The average molecular weight is 613 g/mol. The van der Waals surface area contributed by atoms with E-state index < -0.39 is 0 Å². The number of hydrogen-bond acceptors (Lipinski definition) is 4. The Balaban J connectivity index is 1.28. The van der Waals surface area contributed by atoms with E-state index in [2.05, 4.69) is 121 Å². The summed E-state index contributed by atoms with van der Waals surface area (Å²) in [7, 11) is 0. The van der Waals surface area contributed by atoms with Crippen LogP contribution in [0, 0.1) is 0 Å². The summed E-state index contributed by atoms with van der Waals surface area (Å²) in [6.07, 6.45) is 3.64. The lowest BCUT2D eigenvalue weighted by atomic mass is 9.91. The Morgan fingerprint density at radius 2 is 0.667 bits per heavy atom. The van der Waals surface area contributed by atoms with E-state index in [0.29, 0.717) is 0 Å². The minimum absolute atomic E-state index is 0.729. The van der Waals surface area contributed by atoms with Gasteiger partial charge in [-0.1, -0.05) is 133 Å². The summed E-state index contributed by atoms with van der Waals surface area (Å²) in [6.45, 7) is 0. The quantitative estimate of drug-likeness (QED) is 0.199. The van der Waals surface area contributed by atoms with Gasteiger partial charge in [-0.05, 0) is 68.1 Å². The van der Waals surface area contributed by atoms with Crippen molar-refractivity contribution in [3.05, 3.63) is 193 Å². The van der Waals surface area contributed by atoms with Gasteiger partial charge in [0.1, 0.15) is 11.4 Å². The van der Waals surface area contributed by atoms with Crippen LogP contribution in [0.1, 0.15) is 22.5 Å². The second kappa shape index (κ2) is 11.7. The third kappa shape index (κ3) is 4.70. The van der Waals surface area contributed by atoms with Crippen molar-refractivity contribution in [2.24, 2.45) is 9.98 Å². The van der Waals surface area contributed by atoms with Crippen LogP contribution in [0.25, 0.3) is 43.8 Å². The van der Waals surface area contributed by atoms with Crippen LogP contribution in [0.4, 0.5) is 11.4 Å². The Morgan fingerprint density at radius 3 is 1.08 bits per heavy atom. The molecule has 0 saturated heterocycles. The van der Waals surface area contributed by atoms with Crippen molar-refractivity contribution < 1.29 is 0 Å². The fraction of sp³-hybridized carbons (Fsp3) is 0. The van der Waals surface area contributed by atoms with Gasteiger partial charge in [0.15, 0.2) is 0 Å². The van der Waals surface area contributed by atoms with Crippen molar-refractivity contribution in [1.82, 2.24) is 9.97 Å². The molecule has 1 aliphatic rings. The van der Waals surface area contributed by atoms with Crippen LogP contribution in [0.5, 0.6) is 0 Å². The molecule has 0 bridgehead atoms. The van der Waals surface area contributed by atoms with Gasteiger partial charge in [-0.15, -0.1) is 0 Å². The summed E-state index contributed by atoms with van der Waals surface area (Å²) in [5.74, 6) is 0. The lowest BCUT2D eigenvalue weighted by Gasteiger charge is -2.19. The van der Waals surface area contributed by atoms with E-state index in [9.17, 15) is 0 Å². The number of benzene rings is 6. The summed E-state index contributed by atoms with van der Waals surface area (Å²) in [4.78, 5) is 20.6. The standard InChI is InChI=1S/C44H28N4/c1-3-13-29(14-4-1)31-17-7-21-35-33(31)19-9-23-37(35)41-43-39(25-11-27-45-43)48-42(44-40(47-41)26-12-28-46-44)38-24-10-20-34-32(18-8-22-36(34)38)30-15-5-2-6-16-30/h1-28H. The molecule has 0 amide bonds. The van der Waals surface area contributed by atoms with Crippen molar-refractivity contribution in [2.45, 2.75) is 0 Å². The van der Waals surface area contributed by atoms with Crippen molar-refractivity contribution in [2.75, 3.05) is 0 Å². The van der Waals surface area contributed by atoms with Crippen molar-refractivity contribution in [3.8, 4) is 22.3 Å². The van der Waals surface area contributed by atoms with Crippen molar-refractivity contribution >= 4 is 44.3 Å². The molecule has 0 radical (unpaired) electrons. The van der Waals surface area contributed by atoms with E-state index in [-0.39, 0.29) is 0 Å². The average Bonchev–Trinajstić information content (AvgIpc) is 3.15. The van der Waals surface area contributed by atoms with Gasteiger partial charge in [-0.2, -0.15) is 0 Å². The van der Waals surface area contributed by atoms with Crippen LogP contribution in [0.2, 0.25) is 0 Å². The summed E-state index contributed by atoms with van der Waals surface area (Å²) in [5.41, 5.74) is 11.2. The minimum Gasteiger partial charge on any atom is -0.252 e. The monoisotopic (exact) mass is 612 g/mol. The lowest BCUT2D eigenvalue weighted by molar-refractivity contribution is 1.22. The Labute approximate surface area is 278 Å². The molecular weight excluding hydrogens is 585 g/mol. The molecule has 0 spiro atoms. The zero-order chi connectivity index (χ0) is 31.9. The predicted octanol–water partition coefficient (Wildman–Crippen LogP) is 10.8. The maximum Gasteiger partial charge on any atom is 0.115 e. The van der Waals surface area contributed by atoms with Crippen LogP contribution in [0.3, 0.4) is 0 Å². The summed E-state index contributed by atoms with van der Waals surface area (Å²) in [6, 6.07) is 54.7. The first kappa shape index (κ1) is 27.8. The SMILES string of the molecule is c1ccc(-c2cccc3c(C4=Nc5cccnc5C(c5cccc6c(-c7ccccc7)cccc56)=Nc5cccnc54)cccc23)cc1. The van der Waals surface area contributed by atoms with Gasteiger partial charge in [-0.25, -0.2) is 9.98 Å². The molecule has 3 heterocycles. The first-order valence-electron chi connectivity index (χ1n) is 16.1. The topological polar surface area (TPSA) is 50.5 Å². The van der Waals surface area contributed by atoms with Crippen LogP contribution >= 0.6 is 0 Å². The molecule has 0 saturated carbocycles. The Bertz CT molecular complexity index is 2370. The highest BCUT2D eigenvalue weighted by atomic mass is 14.9. The summed E-state index contributed by atoms with van der Waals surface area (Å²) < 4.78 is 0. The van der Waals surface area contributed by atoms with Crippen LogP contribution in [-0.4, -0.2) is 21.4 Å². The fourth-order valence-electron chi connectivity index (χ4n) is 6.83. The molecule has 8 aromatic rings. The fourth-order valence-corrected chi connectivity index (χ4v) is 6.83. The molecule has 224 valence electrons. The third-order valence-corrected chi connectivity index (χ3v) is 9.01. The number of nitrogens with zero attached hydrogens (tertiary/aromatic N) is 4. The molecule has 6 aromatic carbocycles. The smallest absolute Gasteiger partial charge is 0.115 e. The molecule has 9 rings (SSSR count). The van der Waals surface area contributed by atoms with Crippen LogP contribution < -0.4 is 0 Å². The highest BCUT2D eigenvalue weighted by Gasteiger charge is 2.24. The highest BCUT2D eigenvalue weighted by Crippen LogP contribution is 2.37. The molecule has 48 heavy (non-hydrogen) atoms. The Morgan fingerprint density at radius 1 is 0.292 bits per heavy atom. The third-order valence-electron chi connectivity index (χ3n) is 9.01. The molecule has 0 unspecified atom stereocenters. The summed E-state index contributed by atoms with van der Waals surface area (Å²) in [5, 5.41) is 4.52. The zero-order valence-electron chi connectivity index (χ0n) is 26.0. The highest BCUT2D eigenvalue weighted by molar-refractivity contribution is 6.27. The first-order valence-corrected chi connectivity index (χ1v) is 16.1. The van der Waals surface area contributed by atoms with Crippen molar-refractivity contribution in [3.63, 3.8) is 0 Å². The van der Waals surface area contributed by atoms with Gasteiger partial charge in [0.2, 0.25) is 0 Å². The van der Waals surface area contributed by atoms with Gasteiger partial charge in [0, 0.05) is 23.5 Å². The predicted molar refractivity (Wildman–Crippen MR) is 198 cm³/mol. The molecule has 1 aliphatic heterocycles. The van der Waals surface area contributed by atoms with E-state index in [1.807, 2.05) is 48.8 Å². The molecule has 2 aromatic heterocycles. The molecule has 0 N–H and O–H groups in total. The lowest BCUT2D eigenvalue weighted by Crippen LogP contribution is -2.13. The Hall–Kier alpha value is -6.52. The number of aliphatic imine (C=N–C) groups is 2. The largest absolute Gasteiger partial charge is 0.252 e. The molecule has 0 aliphatic carbocycles. The second-order valence-electron chi connectivity index (χ2n) is 11.8. The number of rotatable bonds is 4. The minimum atomic E-state index is 0.729. The van der Waals surface area contributed by atoms with Gasteiger partial charge in [0.05, 0.1) is 22.8 Å². The number of pyridine rings is 2. The summed E-state index contributed by atoms with van der Waals surface area (Å²) >= 11 is 0. The van der Waals surface area contributed by atoms with Crippen LogP contribution in [-0.2, 0) is 0 Å². The number of aromatic nitrogens is 2. The molecule has 0 atom stereocenters. The molecular formula is C44H28N4. The normalized spacial score (nSPS) is 12.4. The Kier molecular flexibility index (Phi) is 6.76. The maximum absolute atomic E-state index is 5.40. The van der Waals surface area contributed by atoms with E-state index in [0.717, 1.165) is 66.9 Å². The van der Waals surface area contributed by atoms with Gasteiger partial charge < -0.3 is 0 Å². The maximum atomic E-state index is 5.40. The molecule has 4 nitrogen and oxygen atoms in total. The number of fused-ring (bicyclic) bond motifs is 4. The van der Waals surface area contributed by atoms with Crippen LogP contribution in [0.15, 0.2) is 180 Å². The van der Waals surface area contributed by atoms with E-state index >= 15 is 0 Å². The first-order chi connectivity index (χ1) is 23.8. The zero-order valence-corrected chi connectivity index (χ0v) is 26.0. The van der Waals surface area contributed by atoms with E-state index in [1.165, 1.54) is 22.3 Å². The van der Waals surface area contributed by atoms with Gasteiger partial charge in [0.25, 0.3) is 0 Å². The molecule has 0 fully saturated rings. The van der Waals surface area contributed by atoms with Gasteiger partial charge in [-0.3, -0.25) is 9.97 Å². The van der Waals surface area contributed by atoms with Crippen molar-refractivity contribution in [1.29, 1.82) is 0 Å². The van der Waals surface area contributed by atoms with Gasteiger partial charge >= 0.3 is 0 Å². The molecule has 4 heteroatoms. The van der Waals surface area contributed by atoms with E-state index in [1.54, 1.807) is 0 Å². The van der Waals surface area contributed by atoms with E-state index in [4.69, 9.17) is 20.0 Å².